The Bertz CT molecular complexity index is 808. The summed E-state index contributed by atoms with van der Waals surface area (Å²) in [5, 5.41) is 0.552. The Morgan fingerprint density at radius 1 is 1.08 bits per heavy atom. The molecule has 2 aromatic carbocycles. The van der Waals surface area contributed by atoms with Crippen molar-refractivity contribution < 1.29 is 14.3 Å². The normalized spacial score (nSPS) is 13.0. The molecule has 24 heavy (non-hydrogen) atoms. The largest absolute Gasteiger partial charge is 0.454 e. The number of fused-ring (bicyclic) bond motifs is 1. The van der Waals surface area contributed by atoms with E-state index in [-0.39, 0.29) is 12.4 Å². The minimum absolute atomic E-state index is 0.191. The number of hydrogen-bond donors (Lipinski definition) is 0. The second-order valence-corrected chi connectivity index (χ2v) is 6.13. The van der Waals surface area contributed by atoms with Gasteiger partial charge in [0.15, 0.2) is 12.4 Å². The summed E-state index contributed by atoms with van der Waals surface area (Å²) in [4.78, 5) is 23.9. The Morgan fingerprint density at radius 2 is 1.88 bits per heavy atom. The molecule has 4 heteroatoms. The van der Waals surface area contributed by atoms with Gasteiger partial charge in [0.05, 0.1) is 0 Å². The number of carbonyl (C=O) groups excluding carboxylic acids is 2. The van der Waals surface area contributed by atoms with Gasteiger partial charge in [-0.25, -0.2) is 4.79 Å². The maximum atomic E-state index is 12.2. The summed E-state index contributed by atoms with van der Waals surface area (Å²) in [6, 6.07) is 12.9. The van der Waals surface area contributed by atoms with Gasteiger partial charge in [-0.05, 0) is 54.2 Å². The van der Waals surface area contributed by atoms with Gasteiger partial charge in [-0.3, -0.25) is 4.79 Å². The van der Waals surface area contributed by atoms with Crippen LogP contribution in [0.15, 0.2) is 48.5 Å². The number of aryl methyl sites for hydroxylation is 2. The molecule has 0 aromatic heterocycles. The van der Waals surface area contributed by atoms with E-state index in [0.29, 0.717) is 10.6 Å². The highest BCUT2D eigenvalue weighted by molar-refractivity contribution is 6.32. The average Bonchev–Trinajstić information content (AvgIpc) is 3.06. The van der Waals surface area contributed by atoms with Crippen molar-refractivity contribution in [3.05, 3.63) is 75.8 Å². The van der Waals surface area contributed by atoms with Crippen LogP contribution in [0.25, 0.3) is 6.08 Å². The van der Waals surface area contributed by atoms with Gasteiger partial charge in [0.25, 0.3) is 0 Å². The number of Topliss-reactive ketones (excluding diaryl/α,β-unsaturated/α-hetero) is 1. The third kappa shape index (κ3) is 3.92. The summed E-state index contributed by atoms with van der Waals surface area (Å²) in [6.07, 6.45) is 6.07. The maximum absolute atomic E-state index is 12.2. The topological polar surface area (TPSA) is 43.4 Å². The molecule has 0 amide bonds. The van der Waals surface area contributed by atoms with Gasteiger partial charge in [0.1, 0.15) is 0 Å². The predicted molar refractivity (Wildman–Crippen MR) is 94.2 cm³/mol. The molecule has 1 aliphatic carbocycles. The maximum Gasteiger partial charge on any atom is 0.331 e. The van der Waals surface area contributed by atoms with Gasteiger partial charge in [0.2, 0.25) is 0 Å². The van der Waals surface area contributed by atoms with Crippen LogP contribution in [0, 0.1) is 0 Å². The zero-order valence-corrected chi connectivity index (χ0v) is 13.9. The first kappa shape index (κ1) is 16.5. The molecule has 0 radical (unpaired) electrons. The molecule has 2 aromatic rings. The highest BCUT2D eigenvalue weighted by Crippen LogP contribution is 2.23. The monoisotopic (exact) mass is 340 g/mol. The number of rotatable bonds is 5. The van der Waals surface area contributed by atoms with Gasteiger partial charge >= 0.3 is 5.97 Å². The molecule has 0 unspecified atom stereocenters. The van der Waals surface area contributed by atoms with E-state index in [9.17, 15) is 9.59 Å². The van der Waals surface area contributed by atoms with Crippen molar-refractivity contribution in [3.63, 3.8) is 0 Å². The highest BCUT2D eigenvalue weighted by Gasteiger charge is 2.14. The minimum atomic E-state index is -0.565. The lowest BCUT2D eigenvalue weighted by Crippen LogP contribution is -2.12. The van der Waals surface area contributed by atoms with Crippen molar-refractivity contribution in [2.24, 2.45) is 0 Å². The fraction of sp³-hybridized carbons (Fsp3) is 0.200. The molecule has 0 aliphatic heterocycles. The van der Waals surface area contributed by atoms with Gasteiger partial charge in [0, 0.05) is 16.7 Å². The molecule has 0 N–H and O–H groups in total. The van der Waals surface area contributed by atoms with E-state index in [4.69, 9.17) is 16.3 Å². The van der Waals surface area contributed by atoms with Crippen LogP contribution in [-0.4, -0.2) is 18.4 Å². The summed E-state index contributed by atoms with van der Waals surface area (Å²) in [6.45, 7) is -0.259. The SMILES string of the molecule is O=C(/C=C/c1ccccc1Cl)OCC(=O)c1ccc2c(c1)CCC2. The lowest BCUT2D eigenvalue weighted by molar-refractivity contribution is -0.136. The molecule has 0 saturated carbocycles. The van der Waals surface area contributed by atoms with Crippen LogP contribution in [0.5, 0.6) is 0 Å². The van der Waals surface area contributed by atoms with Crippen molar-refractivity contribution in [2.75, 3.05) is 6.61 Å². The number of carbonyl (C=O) groups is 2. The third-order valence-corrected chi connectivity index (χ3v) is 4.41. The molecule has 0 bridgehead atoms. The van der Waals surface area contributed by atoms with Crippen molar-refractivity contribution in [3.8, 4) is 0 Å². The molecule has 1 aliphatic rings. The Morgan fingerprint density at radius 3 is 2.71 bits per heavy atom. The van der Waals surface area contributed by atoms with Gasteiger partial charge in [-0.2, -0.15) is 0 Å². The first-order valence-corrected chi connectivity index (χ1v) is 8.25. The molecular formula is C20H17ClO3. The summed E-state index contributed by atoms with van der Waals surface area (Å²) >= 11 is 6.00. The number of halogens is 1. The highest BCUT2D eigenvalue weighted by atomic mass is 35.5. The average molecular weight is 341 g/mol. The molecule has 0 saturated heterocycles. The number of hydrogen-bond acceptors (Lipinski definition) is 3. The second kappa shape index (κ2) is 7.45. The van der Waals surface area contributed by atoms with Crippen molar-refractivity contribution in [1.29, 1.82) is 0 Å². The lowest BCUT2D eigenvalue weighted by atomic mass is 10.0. The fourth-order valence-electron chi connectivity index (χ4n) is 2.78. The van der Waals surface area contributed by atoms with E-state index in [1.165, 1.54) is 17.2 Å². The molecule has 0 atom stereocenters. The minimum Gasteiger partial charge on any atom is -0.454 e. The predicted octanol–water partition coefficient (Wildman–Crippen LogP) is 4.27. The molecule has 122 valence electrons. The van der Waals surface area contributed by atoms with Gasteiger partial charge in [-0.15, -0.1) is 0 Å². The zero-order valence-electron chi connectivity index (χ0n) is 13.1. The number of benzene rings is 2. The first-order valence-electron chi connectivity index (χ1n) is 7.88. The zero-order chi connectivity index (χ0) is 16.9. The van der Waals surface area contributed by atoms with E-state index in [1.807, 2.05) is 24.3 Å². The smallest absolute Gasteiger partial charge is 0.331 e. The van der Waals surface area contributed by atoms with E-state index >= 15 is 0 Å². The van der Waals surface area contributed by atoms with Crippen molar-refractivity contribution >= 4 is 29.4 Å². The van der Waals surface area contributed by atoms with Crippen LogP contribution in [-0.2, 0) is 22.4 Å². The Balaban J connectivity index is 1.56. The van der Waals surface area contributed by atoms with Crippen LogP contribution in [0.4, 0.5) is 0 Å². The van der Waals surface area contributed by atoms with Crippen LogP contribution in [0.1, 0.15) is 33.5 Å². The second-order valence-electron chi connectivity index (χ2n) is 5.72. The molecule has 3 rings (SSSR count). The van der Waals surface area contributed by atoms with E-state index in [1.54, 1.807) is 24.3 Å². The molecule has 0 heterocycles. The lowest BCUT2D eigenvalue weighted by Gasteiger charge is -2.05. The van der Waals surface area contributed by atoms with E-state index in [2.05, 4.69) is 0 Å². The van der Waals surface area contributed by atoms with Crippen LogP contribution < -0.4 is 0 Å². The molecular weight excluding hydrogens is 324 g/mol. The number of ether oxygens (including phenoxy) is 1. The van der Waals surface area contributed by atoms with Gasteiger partial charge in [-0.1, -0.05) is 41.9 Å². The van der Waals surface area contributed by atoms with Crippen LogP contribution in [0.2, 0.25) is 5.02 Å². The van der Waals surface area contributed by atoms with Crippen LogP contribution in [0.3, 0.4) is 0 Å². The molecule has 0 spiro atoms. The first-order chi connectivity index (χ1) is 11.6. The summed E-state index contributed by atoms with van der Waals surface area (Å²) < 4.78 is 5.02. The fourth-order valence-corrected chi connectivity index (χ4v) is 2.98. The summed E-state index contributed by atoms with van der Waals surface area (Å²) in [5.41, 5.74) is 3.86. The van der Waals surface area contributed by atoms with E-state index < -0.39 is 5.97 Å². The Labute approximate surface area is 145 Å². The Kier molecular flexibility index (Phi) is 5.11. The molecule has 3 nitrogen and oxygen atoms in total. The molecule has 0 fully saturated rings. The summed E-state index contributed by atoms with van der Waals surface area (Å²) in [7, 11) is 0. The summed E-state index contributed by atoms with van der Waals surface area (Å²) in [5.74, 6) is -0.756. The van der Waals surface area contributed by atoms with E-state index in [0.717, 1.165) is 24.8 Å². The van der Waals surface area contributed by atoms with Gasteiger partial charge < -0.3 is 4.74 Å². The number of ketones is 1. The standard InChI is InChI=1S/C20H17ClO3/c21-18-7-2-1-4-15(18)10-11-20(23)24-13-19(22)17-9-8-14-5-3-6-16(14)12-17/h1-2,4,7-12H,3,5-6,13H2/b11-10+. The van der Waals surface area contributed by atoms with Crippen molar-refractivity contribution in [2.45, 2.75) is 19.3 Å². The van der Waals surface area contributed by atoms with Crippen molar-refractivity contribution in [1.82, 2.24) is 0 Å². The quantitative estimate of drug-likeness (QED) is 0.464. The Hall–Kier alpha value is -2.39. The van der Waals surface area contributed by atoms with Crippen LogP contribution >= 0.6 is 11.6 Å². The third-order valence-electron chi connectivity index (χ3n) is 4.07. The number of esters is 1.